The molecule has 0 atom stereocenters. The molecule has 5 nitrogen and oxygen atoms in total. The summed E-state index contributed by atoms with van der Waals surface area (Å²) in [7, 11) is -3.44. The molecule has 0 saturated heterocycles. The van der Waals surface area contributed by atoms with Gasteiger partial charge in [-0.3, -0.25) is 0 Å². The fraction of sp³-hybridized carbons (Fsp3) is 1.00. The maximum atomic E-state index is 11.4. The summed E-state index contributed by atoms with van der Waals surface area (Å²) in [5.74, 6) is 0. The fourth-order valence-electron chi connectivity index (χ4n) is 2.03. The molecule has 0 heterocycles. The van der Waals surface area contributed by atoms with E-state index in [0.29, 0.717) is 19.4 Å². The molecule has 1 rings (SSSR count). The van der Waals surface area contributed by atoms with E-state index in [2.05, 4.69) is 9.44 Å². The van der Waals surface area contributed by atoms with Gasteiger partial charge in [0.1, 0.15) is 0 Å². The third-order valence-corrected chi connectivity index (χ3v) is 4.15. The van der Waals surface area contributed by atoms with Gasteiger partial charge in [-0.15, -0.1) is 0 Å². The van der Waals surface area contributed by atoms with Crippen molar-refractivity contribution in [3.63, 3.8) is 0 Å². The molecule has 96 valence electrons. The normalized spacial score (nSPS) is 21.6. The highest BCUT2D eigenvalue weighted by atomic mass is 32.2. The van der Waals surface area contributed by atoms with Crippen molar-refractivity contribution >= 4 is 10.2 Å². The van der Waals surface area contributed by atoms with E-state index in [1.165, 1.54) is 0 Å². The molecule has 0 amide bonds. The summed E-state index contributed by atoms with van der Waals surface area (Å²) < 4.78 is 27.5. The Hall–Kier alpha value is -0.170. The van der Waals surface area contributed by atoms with Gasteiger partial charge in [0.2, 0.25) is 0 Å². The molecule has 0 aromatic carbocycles. The Morgan fingerprint density at radius 3 is 2.19 bits per heavy atom. The van der Waals surface area contributed by atoms with Gasteiger partial charge in [0.25, 0.3) is 10.2 Å². The molecule has 1 fully saturated rings. The fourth-order valence-corrected chi connectivity index (χ4v) is 2.97. The van der Waals surface area contributed by atoms with Crippen molar-refractivity contribution in [3.05, 3.63) is 0 Å². The first-order chi connectivity index (χ1) is 7.47. The lowest BCUT2D eigenvalue weighted by Gasteiger charge is -2.26. The minimum absolute atomic E-state index is 0.113. The lowest BCUT2D eigenvalue weighted by molar-refractivity contribution is 0.0302. The highest BCUT2D eigenvalue weighted by Crippen LogP contribution is 2.26. The van der Waals surface area contributed by atoms with Gasteiger partial charge in [0.05, 0.1) is 5.60 Å². The molecule has 16 heavy (non-hydrogen) atoms. The molecule has 6 heteroatoms. The monoisotopic (exact) mass is 250 g/mol. The van der Waals surface area contributed by atoms with Crippen LogP contribution in [0.25, 0.3) is 0 Å². The Kier molecular flexibility index (Phi) is 5.17. The van der Waals surface area contributed by atoms with E-state index in [0.717, 1.165) is 25.7 Å². The molecule has 0 aromatic heterocycles. The zero-order valence-corrected chi connectivity index (χ0v) is 10.6. The molecule has 0 radical (unpaired) electrons. The first-order valence-corrected chi connectivity index (χ1v) is 7.42. The average molecular weight is 250 g/mol. The van der Waals surface area contributed by atoms with Crippen LogP contribution in [0.4, 0.5) is 0 Å². The number of hydrogen-bond acceptors (Lipinski definition) is 3. The third-order valence-electron chi connectivity index (χ3n) is 2.96. The van der Waals surface area contributed by atoms with E-state index in [4.69, 9.17) is 0 Å². The summed E-state index contributed by atoms with van der Waals surface area (Å²) in [6.07, 6.45) is 5.56. The number of rotatable bonds is 5. The Balaban J connectivity index is 2.46. The largest absolute Gasteiger partial charge is 0.389 e. The van der Waals surface area contributed by atoms with Crippen molar-refractivity contribution in [2.24, 2.45) is 0 Å². The molecule has 1 aliphatic carbocycles. The van der Waals surface area contributed by atoms with Crippen molar-refractivity contribution in [1.29, 1.82) is 0 Å². The van der Waals surface area contributed by atoms with Gasteiger partial charge in [-0.05, 0) is 12.8 Å². The number of nitrogens with one attached hydrogen (secondary N) is 2. The van der Waals surface area contributed by atoms with E-state index in [-0.39, 0.29) is 6.54 Å². The molecule has 0 bridgehead atoms. The zero-order chi connectivity index (χ0) is 12.1. The highest BCUT2D eigenvalue weighted by Gasteiger charge is 2.29. The summed E-state index contributed by atoms with van der Waals surface area (Å²) in [6.45, 7) is 2.19. The summed E-state index contributed by atoms with van der Waals surface area (Å²) >= 11 is 0. The molecular formula is C10H22N2O3S. The van der Waals surface area contributed by atoms with Crippen molar-refractivity contribution in [1.82, 2.24) is 9.44 Å². The lowest BCUT2D eigenvalue weighted by atomic mass is 9.95. The third kappa shape index (κ3) is 4.78. The van der Waals surface area contributed by atoms with E-state index in [1.807, 2.05) is 0 Å². The van der Waals surface area contributed by atoms with Gasteiger partial charge in [0, 0.05) is 13.1 Å². The van der Waals surface area contributed by atoms with Crippen LogP contribution >= 0.6 is 0 Å². The van der Waals surface area contributed by atoms with Crippen molar-refractivity contribution in [2.75, 3.05) is 13.1 Å². The topological polar surface area (TPSA) is 78.4 Å². The van der Waals surface area contributed by atoms with Gasteiger partial charge in [-0.25, -0.2) is 4.72 Å². The van der Waals surface area contributed by atoms with Gasteiger partial charge < -0.3 is 5.11 Å². The second-order valence-electron chi connectivity index (χ2n) is 4.46. The van der Waals surface area contributed by atoms with Gasteiger partial charge in [-0.2, -0.15) is 13.1 Å². The van der Waals surface area contributed by atoms with Crippen LogP contribution in [0, 0.1) is 0 Å². The standard InChI is InChI=1S/C10H22N2O3S/c1-2-11-16(14,15)12-9-10(13)7-5-3-4-6-8-10/h11-13H,2-9H2,1H3. The van der Waals surface area contributed by atoms with Crippen LogP contribution in [-0.4, -0.2) is 32.2 Å². The summed E-state index contributed by atoms with van der Waals surface area (Å²) in [5, 5.41) is 10.2. The predicted molar refractivity (Wildman–Crippen MR) is 63.3 cm³/mol. The van der Waals surface area contributed by atoms with Crippen LogP contribution in [0.15, 0.2) is 0 Å². The smallest absolute Gasteiger partial charge is 0.276 e. The Morgan fingerprint density at radius 1 is 1.12 bits per heavy atom. The van der Waals surface area contributed by atoms with Crippen LogP contribution in [-0.2, 0) is 10.2 Å². The molecule has 0 spiro atoms. The Bertz CT molecular complexity index is 295. The first-order valence-electron chi connectivity index (χ1n) is 5.94. The quantitative estimate of drug-likeness (QED) is 0.622. The molecule has 1 saturated carbocycles. The molecule has 1 aliphatic rings. The maximum Gasteiger partial charge on any atom is 0.276 e. The average Bonchev–Trinajstić information content (AvgIpc) is 2.41. The minimum Gasteiger partial charge on any atom is -0.389 e. The molecule has 0 aliphatic heterocycles. The summed E-state index contributed by atoms with van der Waals surface area (Å²) in [5.41, 5.74) is -0.862. The maximum absolute atomic E-state index is 11.4. The second-order valence-corrected chi connectivity index (χ2v) is 6.05. The highest BCUT2D eigenvalue weighted by molar-refractivity contribution is 7.87. The summed E-state index contributed by atoms with van der Waals surface area (Å²) in [6, 6.07) is 0. The van der Waals surface area contributed by atoms with Crippen LogP contribution in [0.3, 0.4) is 0 Å². The Labute approximate surface area is 97.8 Å². The second kappa shape index (κ2) is 5.95. The molecule has 0 unspecified atom stereocenters. The first kappa shape index (κ1) is 13.9. The molecule has 3 N–H and O–H groups in total. The molecular weight excluding hydrogens is 228 g/mol. The SMILES string of the molecule is CCNS(=O)(=O)NCC1(O)CCCCCC1. The van der Waals surface area contributed by atoms with Crippen molar-refractivity contribution in [3.8, 4) is 0 Å². The van der Waals surface area contributed by atoms with E-state index in [1.54, 1.807) is 6.92 Å². The van der Waals surface area contributed by atoms with Crippen molar-refractivity contribution in [2.45, 2.75) is 51.0 Å². The number of hydrogen-bond donors (Lipinski definition) is 3. The van der Waals surface area contributed by atoms with E-state index in [9.17, 15) is 13.5 Å². The van der Waals surface area contributed by atoms with Crippen LogP contribution in [0.2, 0.25) is 0 Å². The van der Waals surface area contributed by atoms with E-state index < -0.39 is 15.8 Å². The van der Waals surface area contributed by atoms with E-state index >= 15 is 0 Å². The van der Waals surface area contributed by atoms with Crippen LogP contribution < -0.4 is 9.44 Å². The lowest BCUT2D eigenvalue weighted by Crippen LogP contribution is -2.46. The molecule has 0 aromatic rings. The van der Waals surface area contributed by atoms with Crippen LogP contribution in [0.5, 0.6) is 0 Å². The van der Waals surface area contributed by atoms with Crippen LogP contribution in [0.1, 0.15) is 45.4 Å². The van der Waals surface area contributed by atoms with Gasteiger partial charge in [0.15, 0.2) is 0 Å². The van der Waals surface area contributed by atoms with Crippen molar-refractivity contribution < 1.29 is 13.5 Å². The zero-order valence-electron chi connectivity index (χ0n) is 9.83. The van der Waals surface area contributed by atoms with Gasteiger partial charge in [-0.1, -0.05) is 32.6 Å². The Morgan fingerprint density at radius 2 is 1.69 bits per heavy atom. The predicted octanol–water partition coefficient (Wildman–Crippen LogP) is 0.516. The minimum atomic E-state index is -3.44. The summed E-state index contributed by atoms with van der Waals surface area (Å²) in [4.78, 5) is 0. The van der Waals surface area contributed by atoms with Gasteiger partial charge >= 0.3 is 0 Å². The number of aliphatic hydroxyl groups is 1.